The minimum absolute atomic E-state index is 0.298. The molecule has 0 atom stereocenters. The summed E-state index contributed by atoms with van der Waals surface area (Å²) in [5, 5.41) is 3.12. The fourth-order valence-corrected chi connectivity index (χ4v) is 1.22. The van der Waals surface area contributed by atoms with Crippen molar-refractivity contribution in [3.63, 3.8) is 0 Å². The number of carbonyl (C=O) groups excluding carboxylic acids is 1. The van der Waals surface area contributed by atoms with Crippen molar-refractivity contribution in [2.75, 3.05) is 13.1 Å². The molecule has 0 bridgehead atoms. The molecule has 1 fully saturated rings. The molecule has 12 heavy (non-hydrogen) atoms. The number of Topliss-reactive ketones (excluding diaryl/α,β-unsaturated/α-hetero) is 1. The lowest BCUT2D eigenvalue weighted by molar-refractivity contribution is -0.124. The Balaban J connectivity index is 2.18. The maximum absolute atomic E-state index is 11.4. The summed E-state index contributed by atoms with van der Waals surface area (Å²) in [4.78, 5) is 11.4. The summed E-state index contributed by atoms with van der Waals surface area (Å²) < 4.78 is 0. The standard InChI is InChI=1S/C10H19NO/c1-10(2,3)5-4-9(12)8-6-11-7-8/h8,11H,4-7H2,1-3H3. The van der Waals surface area contributed by atoms with E-state index in [1.807, 2.05) is 0 Å². The third kappa shape index (κ3) is 2.94. The van der Waals surface area contributed by atoms with Gasteiger partial charge in [0.1, 0.15) is 5.78 Å². The van der Waals surface area contributed by atoms with E-state index in [0.717, 1.165) is 25.9 Å². The van der Waals surface area contributed by atoms with Gasteiger partial charge < -0.3 is 5.32 Å². The Hall–Kier alpha value is -0.370. The molecule has 0 spiro atoms. The SMILES string of the molecule is CC(C)(C)CCC(=O)C1CNC1. The predicted molar refractivity (Wildman–Crippen MR) is 50.1 cm³/mol. The van der Waals surface area contributed by atoms with E-state index in [-0.39, 0.29) is 0 Å². The molecule has 0 amide bonds. The van der Waals surface area contributed by atoms with Crippen LogP contribution in [0.5, 0.6) is 0 Å². The van der Waals surface area contributed by atoms with Gasteiger partial charge in [0.25, 0.3) is 0 Å². The quantitative estimate of drug-likeness (QED) is 0.695. The molecular weight excluding hydrogens is 150 g/mol. The van der Waals surface area contributed by atoms with E-state index in [4.69, 9.17) is 0 Å². The van der Waals surface area contributed by atoms with Gasteiger partial charge in [0.2, 0.25) is 0 Å². The van der Waals surface area contributed by atoms with Gasteiger partial charge in [0.05, 0.1) is 0 Å². The Bertz CT molecular complexity index is 165. The van der Waals surface area contributed by atoms with Crippen LogP contribution in [0.4, 0.5) is 0 Å². The zero-order valence-corrected chi connectivity index (χ0v) is 8.31. The van der Waals surface area contributed by atoms with Crippen LogP contribution in [0.15, 0.2) is 0 Å². The third-order valence-electron chi connectivity index (χ3n) is 2.36. The van der Waals surface area contributed by atoms with Crippen LogP contribution in [0.2, 0.25) is 0 Å². The normalized spacial score (nSPS) is 18.9. The fourth-order valence-electron chi connectivity index (χ4n) is 1.22. The van der Waals surface area contributed by atoms with Crippen molar-refractivity contribution in [3.05, 3.63) is 0 Å². The lowest BCUT2D eigenvalue weighted by atomic mass is 9.86. The molecule has 1 N–H and O–H groups in total. The van der Waals surface area contributed by atoms with Crippen LogP contribution in [0, 0.1) is 11.3 Å². The molecule has 0 aromatic carbocycles. The van der Waals surface area contributed by atoms with Crippen LogP contribution in [0.25, 0.3) is 0 Å². The molecule has 0 unspecified atom stereocenters. The van der Waals surface area contributed by atoms with Gasteiger partial charge in [-0.3, -0.25) is 4.79 Å². The molecule has 1 saturated heterocycles. The Labute approximate surface area is 74.7 Å². The van der Waals surface area contributed by atoms with Gasteiger partial charge in [-0.1, -0.05) is 20.8 Å². The number of ketones is 1. The Morgan fingerprint density at radius 2 is 2.00 bits per heavy atom. The number of rotatable bonds is 3. The molecule has 0 aromatic rings. The maximum Gasteiger partial charge on any atom is 0.138 e. The van der Waals surface area contributed by atoms with Gasteiger partial charge in [-0.15, -0.1) is 0 Å². The van der Waals surface area contributed by atoms with Crippen LogP contribution in [-0.2, 0) is 4.79 Å². The molecule has 1 heterocycles. The molecule has 0 aromatic heterocycles. The topological polar surface area (TPSA) is 29.1 Å². The summed E-state index contributed by atoms with van der Waals surface area (Å²) in [6.45, 7) is 8.35. The zero-order valence-electron chi connectivity index (χ0n) is 8.31. The van der Waals surface area contributed by atoms with Gasteiger partial charge in [-0.05, 0) is 11.8 Å². The summed E-state index contributed by atoms with van der Waals surface area (Å²) in [7, 11) is 0. The van der Waals surface area contributed by atoms with Crippen molar-refractivity contribution in [1.82, 2.24) is 5.32 Å². The Morgan fingerprint density at radius 1 is 1.42 bits per heavy atom. The van der Waals surface area contributed by atoms with E-state index in [1.54, 1.807) is 0 Å². The Morgan fingerprint density at radius 3 is 2.33 bits per heavy atom. The first-order valence-corrected chi connectivity index (χ1v) is 4.72. The highest BCUT2D eigenvalue weighted by Crippen LogP contribution is 2.22. The monoisotopic (exact) mass is 169 g/mol. The largest absolute Gasteiger partial charge is 0.315 e. The molecule has 1 aliphatic heterocycles. The highest BCUT2D eigenvalue weighted by atomic mass is 16.1. The molecule has 1 aliphatic rings. The second-order valence-corrected chi connectivity index (χ2v) is 4.88. The fraction of sp³-hybridized carbons (Fsp3) is 0.900. The van der Waals surface area contributed by atoms with Crippen LogP contribution >= 0.6 is 0 Å². The second-order valence-electron chi connectivity index (χ2n) is 4.88. The molecule has 70 valence electrons. The van der Waals surface area contributed by atoms with E-state index in [9.17, 15) is 4.79 Å². The van der Waals surface area contributed by atoms with E-state index in [0.29, 0.717) is 17.1 Å². The minimum atomic E-state index is 0.298. The van der Waals surface area contributed by atoms with Gasteiger partial charge in [0, 0.05) is 25.4 Å². The predicted octanol–water partition coefficient (Wildman–Crippen LogP) is 1.60. The van der Waals surface area contributed by atoms with E-state index in [2.05, 4.69) is 26.1 Å². The van der Waals surface area contributed by atoms with Crippen LogP contribution < -0.4 is 5.32 Å². The maximum atomic E-state index is 11.4. The van der Waals surface area contributed by atoms with Crippen molar-refractivity contribution in [3.8, 4) is 0 Å². The first kappa shape index (κ1) is 9.72. The highest BCUT2D eigenvalue weighted by Gasteiger charge is 2.25. The van der Waals surface area contributed by atoms with E-state index >= 15 is 0 Å². The molecule has 0 aliphatic carbocycles. The zero-order chi connectivity index (χ0) is 9.19. The summed E-state index contributed by atoms with van der Waals surface area (Å²) in [6, 6.07) is 0. The number of carbonyl (C=O) groups is 1. The van der Waals surface area contributed by atoms with Crippen molar-refractivity contribution < 1.29 is 4.79 Å². The summed E-state index contributed by atoms with van der Waals surface area (Å²) in [5.74, 6) is 0.774. The van der Waals surface area contributed by atoms with Crippen LogP contribution in [0.3, 0.4) is 0 Å². The average molecular weight is 169 g/mol. The molecule has 2 nitrogen and oxygen atoms in total. The van der Waals surface area contributed by atoms with Crippen molar-refractivity contribution in [2.24, 2.45) is 11.3 Å². The lowest BCUT2D eigenvalue weighted by Gasteiger charge is -2.27. The first-order chi connectivity index (χ1) is 5.49. The molecule has 1 rings (SSSR count). The van der Waals surface area contributed by atoms with Crippen molar-refractivity contribution >= 4 is 5.78 Å². The molecular formula is C10H19NO. The number of nitrogens with one attached hydrogen (secondary N) is 1. The van der Waals surface area contributed by atoms with Crippen LogP contribution in [-0.4, -0.2) is 18.9 Å². The summed E-state index contributed by atoms with van der Waals surface area (Å²) >= 11 is 0. The summed E-state index contributed by atoms with van der Waals surface area (Å²) in [6.07, 6.45) is 1.78. The molecule has 2 heteroatoms. The lowest BCUT2D eigenvalue weighted by Crippen LogP contribution is -2.46. The van der Waals surface area contributed by atoms with Gasteiger partial charge >= 0.3 is 0 Å². The molecule has 0 radical (unpaired) electrons. The third-order valence-corrected chi connectivity index (χ3v) is 2.36. The van der Waals surface area contributed by atoms with E-state index < -0.39 is 0 Å². The Kier molecular flexibility index (Phi) is 2.89. The van der Waals surface area contributed by atoms with Gasteiger partial charge in [-0.25, -0.2) is 0 Å². The smallest absolute Gasteiger partial charge is 0.138 e. The van der Waals surface area contributed by atoms with Crippen LogP contribution in [0.1, 0.15) is 33.6 Å². The van der Waals surface area contributed by atoms with Gasteiger partial charge in [-0.2, -0.15) is 0 Å². The number of hydrogen-bond donors (Lipinski definition) is 1. The second kappa shape index (κ2) is 3.56. The van der Waals surface area contributed by atoms with Crippen molar-refractivity contribution in [1.29, 1.82) is 0 Å². The van der Waals surface area contributed by atoms with E-state index in [1.165, 1.54) is 0 Å². The average Bonchev–Trinajstić information content (AvgIpc) is 1.78. The number of hydrogen-bond acceptors (Lipinski definition) is 2. The highest BCUT2D eigenvalue weighted by molar-refractivity contribution is 5.82. The summed E-state index contributed by atoms with van der Waals surface area (Å²) in [5.41, 5.74) is 0.298. The first-order valence-electron chi connectivity index (χ1n) is 4.72. The van der Waals surface area contributed by atoms with Crippen molar-refractivity contribution in [2.45, 2.75) is 33.6 Å². The minimum Gasteiger partial charge on any atom is -0.315 e. The molecule has 0 saturated carbocycles. The van der Waals surface area contributed by atoms with Gasteiger partial charge in [0.15, 0.2) is 0 Å².